The van der Waals surface area contributed by atoms with Crippen LogP contribution >= 0.6 is 0 Å². The highest BCUT2D eigenvalue weighted by Crippen LogP contribution is 2.30. The fraction of sp³-hybridized carbons (Fsp3) is 0.800. The molecule has 0 radical (unpaired) electrons. The Kier molecular flexibility index (Phi) is 19.0. The van der Waals surface area contributed by atoms with E-state index in [1.807, 2.05) is 6.92 Å². The highest BCUT2D eigenvalue weighted by atomic mass is 28.4. The Labute approximate surface area is 196 Å². The summed E-state index contributed by atoms with van der Waals surface area (Å²) in [7, 11) is -2.03. The highest BCUT2D eigenvalue weighted by molar-refractivity contribution is 6.75. The van der Waals surface area contributed by atoms with Gasteiger partial charge in [-0.3, -0.25) is 4.79 Å². The van der Waals surface area contributed by atoms with Gasteiger partial charge in [0.05, 0.1) is 13.2 Å². The van der Waals surface area contributed by atoms with Crippen LogP contribution in [0.5, 0.6) is 0 Å². The van der Waals surface area contributed by atoms with E-state index in [1.54, 1.807) is 0 Å². The van der Waals surface area contributed by atoms with E-state index < -0.39 is 20.3 Å². The summed E-state index contributed by atoms with van der Waals surface area (Å²) in [5, 5.41) is 0. The number of unbranched alkanes of at least 4 members (excludes halogenated alkanes) is 5. The summed E-state index contributed by atoms with van der Waals surface area (Å²) in [6, 6.07) is 3.21. The third kappa shape index (κ3) is 16.1. The first-order valence-corrected chi connectivity index (χ1v) is 15.2. The van der Waals surface area contributed by atoms with Gasteiger partial charge < -0.3 is 13.9 Å². The van der Waals surface area contributed by atoms with Crippen LogP contribution in [0, 0.1) is 0 Å². The largest absolute Gasteiger partial charge is 0.519 e. The molecule has 0 heterocycles. The third-order valence-corrected chi connectivity index (χ3v) is 9.86. The van der Waals surface area contributed by atoms with Gasteiger partial charge in [-0.15, -0.1) is 0 Å². The predicted molar refractivity (Wildman–Crippen MR) is 131 cm³/mol. The summed E-state index contributed by atoms with van der Waals surface area (Å²) in [6.07, 6.45) is 12.2. The Bertz CT molecular complexity index is 525. The Morgan fingerprint density at radius 1 is 0.625 bits per heavy atom. The number of rotatable bonds is 20. The fourth-order valence-electron chi connectivity index (χ4n) is 3.41. The zero-order valence-electron chi connectivity index (χ0n) is 20.9. The lowest BCUT2D eigenvalue weighted by molar-refractivity contribution is -0.140. The van der Waals surface area contributed by atoms with Crippen molar-refractivity contribution in [1.29, 1.82) is 0 Å². The lowest BCUT2D eigenvalue weighted by Gasteiger charge is -2.31. The summed E-state index contributed by atoms with van der Waals surface area (Å²) < 4.78 is 16.2. The standard InChI is InChI=1S/C25H46O6Si/c1-5-9-18-29-23(26)16-17-24(27)30-19-14-13-15-25(28)31-32(20-10-6-2,21-11-7-3)22-12-8-4/h16-17H,5-15,18-22H2,1-4H3. The number of hydrogen-bond donors (Lipinski definition) is 0. The van der Waals surface area contributed by atoms with Crippen molar-refractivity contribution in [2.75, 3.05) is 13.2 Å². The van der Waals surface area contributed by atoms with E-state index in [4.69, 9.17) is 13.9 Å². The first-order chi connectivity index (χ1) is 15.4. The monoisotopic (exact) mass is 470 g/mol. The minimum absolute atomic E-state index is 0.0963. The maximum Gasteiger partial charge on any atom is 0.331 e. The number of esters is 2. The maximum atomic E-state index is 12.6. The molecule has 0 amide bonds. The summed E-state index contributed by atoms with van der Waals surface area (Å²) >= 11 is 0. The van der Waals surface area contributed by atoms with Crippen molar-refractivity contribution >= 4 is 26.2 Å². The lowest BCUT2D eigenvalue weighted by atomic mass is 10.2. The zero-order valence-corrected chi connectivity index (χ0v) is 21.9. The quantitative estimate of drug-likeness (QED) is 0.0876. The summed E-state index contributed by atoms with van der Waals surface area (Å²) in [5.74, 6) is -1.22. The second-order valence-corrected chi connectivity index (χ2v) is 12.5. The smallest absolute Gasteiger partial charge is 0.331 e. The van der Waals surface area contributed by atoms with Gasteiger partial charge in [0.2, 0.25) is 0 Å². The fourth-order valence-corrected chi connectivity index (χ4v) is 8.05. The second-order valence-electron chi connectivity index (χ2n) is 8.45. The first kappa shape index (κ1) is 30.4. The first-order valence-electron chi connectivity index (χ1n) is 12.7. The summed E-state index contributed by atoms with van der Waals surface area (Å²) in [4.78, 5) is 35.7. The minimum atomic E-state index is -2.03. The molecule has 0 saturated carbocycles. The van der Waals surface area contributed by atoms with Gasteiger partial charge in [0, 0.05) is 18.6 Å². The van der Waals surface area contributed by atoms with Crippen LogP contribution in [0.25, 0.3) is 0 Å². The topological polar surface area (TPSA) is 78.9 Å². The Hall–Kier alpha value is -1.63. The normalized spacial score (nSPS) is 11.5. The van der Waals surface area contributed by atoms with Crippen molar-refractivity contribution in [3.8, 4) is 0 Å². The average molecular weight is 471 g/mol. The van der Waals surface area contributed by atoms with Gasteiger partial charge in [0.1, 0.15) is 0 Å². The minimum Gasteiger partial charge on any atom is -0.519 e. The van der Waals surface area contributed by atoms with Crippen molar-refractivity contribution in [3.05, 3.63) is 12.2 Å². The van der Waals surface area contributed by atoms with Crippen LogP contribution in [0.15, 0.2) is 12.2 Å². The van der Waals surface area contributed by atoms with Gasteiger partial charge in [0.15, 0.2) is 0 Å². The van der Waals surface area contributed by atoms with Crippen molar-refractivity contribution < 1.29 is 28.3 Å². The van der Waals surface area contributed by atoms with Crippen LogP contribution in [0.2, 0.25) is 18.1 Å². The van der Waals surface area contributed by atoms with E-state index in [1.165, 1.54) is 0 Å². The number of carbonyl (C=O) groups is 3. The molecule has 0 rings (SSSR count). The van der Waals surface area contributed by atoms with E-state index >= 15 is 0 Å². The molecule has 0 unspecified atom stereocenters. The van der Waals surface area contributed by atoms with Crippen molar-refractivity contribution in [1.82, 2.24) is 0 Å². The highest BCUT2D eigenvalue weighted by Gasteiger charge is 2.36. The Morgan fingerprint density at radius 3 is 1.50 bits per heavy atom. The van der Waals surface area contributed by atoms with Gasteiger partial charge in [-0.2, -0.15) is 0 Å². The molecule has 0 aromatic carbocycles. The van der Waals surface area contributed by atoms with Gasteiger partial charge in [-0.05, 0) is 37.4 Å². The van der Waals surface area contributed by atoms with E-state index in [-0.39, 0.29) is 12.6 Å². The molecule has 0 aromatic rings. The Balaban J connectivity index is 4.34. The van der Waals surface area contributed by atoms with Crippen molar-refractivity contribution in [3.63, 3.8) is 0 Å². The van der Waals surface area contributed by atoms with Crippen LogP contribution in [-0.2, 0) is 28.3 Å². The summed E-state index contributed by atoms with van der Waals surface area (Å²) in [5.41, 5.74) is 0. The molecule has 0 bridgehead atoms. The molecule has 0 fully saturated rings. The predicted octanol–water partition coefficient (Wildman–Crippen LogP) is 6.49. The average Bonchev–Trinajstić information content (AvgIpc) is 2.78. The zero-order chi connectivity index (χ0) is 24.1. The molecule has 0 aromatic heterocycles. The van der Waals surface area contributed by atoms with Crippen LogP contribution in [0.1, 0.15) is 98.3 Å². The van der Waals surface area contributed by atoms with Gasteiger partial charge in [0.25, 0.3) is 14.3 Å². The molecule has 32 heavy (non-hydrogen) atoms. The number of hydrogen-bond acceptors (Lipinski definition) is 6. The number of carbonyl (C=O) groups excluding carboxylic acids is 3. The molecular weight excluding hydrogens is 424 g/mol. The molecule has 0 atom stereocenters. The molecule has 6 nitrogen and oxygen atoms in total. The SMILES string of the molecule is CCCCOC(=O)C=CC(=O)OCCCCC(=O)O[Si](CCCC)(CCCC)CCCC. The molecule has 0 aliphatic rings. The van der Waals surface area contributed by atoms with Crippen LogP contribution < -0.4 is 0 Å². The van der Waals surface area contributed by atoms with E-state index in [0.29, 0.717) is 25.9 Å². The molecule has 0 spiro atoms. The van der Waals surface area contributed by atoms with E-state index in [0.717, 1.165) is 81.7 Å². The van der Waals surface area contributed by atoms with E-state index in [9.17, 15) is 14.4 Å². The molecule has 0 aliphatic heterocycles. The summed E-state index contributed by atoms with van der Waals surface area (Å²) in [6.45, 7) is 9.13. The lowest BCUT2D eigenvalue weighted by Crippen LogP contribution is -2.40. The van der Waals surface area contributed by atoms with Crippen LogP contribution in [-0.4, -0.2) is 39.4 Å². The molecule has 0 saturated heterocycles. The van der Waals surface area contributed by atoms with Crippen LogP contribution in [0.3, 0.4) is 0 Å². The van der Waals surface area contributed by atoms with Crippen molar-refractivity contribution in [2.45, 2.75) is 116 Å². The molecular formula is C25H46O6Si. The molecule has 7 heteroatoms. The van der Waals surface area contributed by atoms with Crippen LogP contribution in [0.4, 0.5) is 0 Å². The molecule has 0 aliphatic carbocycles. The Morgan fingerprint density at radius 2 is 1.06 bits per heavy atom. The second kappa shape index (κ2) is 20.0. The molecule has 186 valence electrons. The molecule has 0 N–H and O–H groups in total. The van der Waals surface area contributed by atoms with Gasteiger partial charge in [-0.25, -0.2) is 9.59 Å². The van der Waals surface area contributed by atoms with E-state index in [2.05, 4.69) is 20.8 Å². The van der Waals surface area contributed by atoms with Gasteiger partial charge in [-0.1, -0.05) is 72.6 Å². The third-order valence-electron chi connectivity index (χ3n) is 5.41. The van der Waals surface area contributed by atoms with Crippen molar-refractivity contribution in [2.24, 2.45) is 0 Å². The maximum absolute atomic E-state index is 12.6. The van der Waals surface area contributed by atoms with Gasteiger partial charge >= 0.3 is 11.9 Å². The number of ether oxygens (including phenoxy) is 2.